The van der Waals surface area contributed by atoms with Gasteiger partial charge in [0.1, 0.15) is 0 Å². The van der Waals surface area contributed by atoms with Gasteiger partial charge in [0, 0.05) is 25.7 Å². The highest BCUT2D eigenvalue weighted by Crippen LogP contribution is 2.20. The van der Waals surface area contributed by atoms with Crippen molar-refractivity contribution in [2.45, 2.75) is 44.2 Å². The van der Waals surface area contributed by atoms with Gasteiger partial charge in [0.15, 0.2) is 0 Å². The van der Waals surface area contributed by atoms with Crippen molar-refractivity contribution in [3.8, 4) is 0 Å². The maximum absolute atomic E-state index is 9.90. The predicted molar refractivity (Wildman–Crippen MR) is 57.3 cm³/mol. The second kappa shape index (κ2) is 4.17. The number of nitrogens with one attached hydrogen (secondary N) is 1. The number of aliphatic hydroxyl groups is 1. The highest BCUT2D eigenvalue weighted by molar-refractivity contribution is 4.84. The summed E-state index contributed by atoms with van der Waals surface area (Å²) in [6.45, 7) is 6.13. The lowest BCUT2D eigenvalue weighted by atomic mass is 9.95. The first-order valence-electron chi connectivity index (χ1n) is 5.84. The van der Waals surface area contributed by atoms with Crippen LogP contribution in [0.4, 0.5) is 0 Å². The second-order valence-electron chi connectivity index (χ2n) is 5.11. The lowest BCUT2D eigenvalue weighted by Crippen LogP contribution is -2.48. The van der Waals surface area contributed by atoms with Crippen LogP contribution >= 0.6 is 0 Å². The summed E-state index contributed by atoms with van der Waals surface area (Å²) < 4.78 is 0. The Balaban J connectivity index is 1.63. The fourth-order valence-corrected chi connectivity index (χ4v) is 2.23. The largest absolute Gasteiger partial charge is 0.389 e. The number of piperidine rings is 1. The monoisotopic (exact) mass is 198 g/mol. The van der Waals surface area contributed by atoms with Crippen molar-refractivity contribution in [3.63, 3.8) is 0 Å². The van der Waals surface area contributed by atoms with Crippen LogP contribution < -0.4 is 5.32 Å². The molecule has 2 N–H and O–H groups in total. The van der Waals surface area contributed by atoms with Crippen LogP contribution in [0, 0.1) is 0 Å². The van der Waals surface area contributed by atoms with E-state index in [1.54, 1.807) is 0 Å². The van der Waals surface area contributed by atoms with E-state index in [-0.39, 0.29) is 0 Å². The summed E-state index contributed by atoms with van der Waals surface area (Å²) in [4.78, 5) is 2.37. The van der Waals surface area contributed by atoms with Crippen molar-refractivity contribution in [1.82, 2.24) is 10.2 Å². The molecule has 1 aliphatic carbocycles. The molecule has 1 unspecified atom stereocenters. The first-order chi connectivity index (χ1) is 6.66. The molecule has 0 radical (unpaired) electrons. The normalized spacial score (nSPS) is 34.7. The van der Waals surface area contributed by atoms with Crippen LogP contribution in [-0.4, -0.2) is 47.8 Å². The topological polar surface area (TPSA) is 35.5 Å². The maximum Gasteiger partial charge on any atom is 0.0746 e. The molecular formula is C11H22N2O. The number of rotatable bonds is 4. The van der Waals surface area contributed by atoms with Gasteiger partial charge in [-0.2, -0.15) is 0 Å². The Hall–Kier alpha value is -0.120. The van der Waals surface area contributed by atoms with Crippen LogP contribution in [0.3, 0.4) is 0 Å². The molecule has 1 aliphatic heterocycles. The van der Waals surface area contributed by atoms with E-state index in [2.05, 4.69) is 10.2 Å². The molecule has 0 amide bonds. The Labute approximate surface area is 86.5 Å². The Kier molecular flexibility index (Phi) is 3.10. The zero-order valence-electron chi connectivity index (χ0n) is 9.13. The summed E-state index contributed by atoms with van der Waals surface area (Å²) in [5, 5.41) is 13.4. The number of hydrogen-bond donors (Lipinski definition) is 2. The Morgan fingerprint density at radius 2 is 2.29 bits per heavy atom. The molecule has 1 saturated carbocycles. The highest BCUT2D eigenvalue weighted by atomic mass is 16.3. The Morgan fingerprint density at radius 1 is 1.50 bits per heavy atom. The molecule has 2 fully saturated rings. The summed E-state index contributed by atoms with van der Waals surface area (Å²) in [7, 11) is 0. The highest BCUT2D eigenvalue weighted by Gasteiger charge is 2.28. The van der Waals surface area contributed by atoms with Crippen LogP contribution in [0.1, 0.15) is 32.6 Å². The molecular weight excluding hydrogens is 176 g/mol. The standard InChI is InChI=1S/C11H22N2O/c1-11(14)5-2-7-13(9-11)8-6-12-10-3-4-10/h10,12,14H,2-9H2,1H3. The van der Waals surface area contributed by atoms with Crippen LogP contribution in [-0.2, 0) is 0 Å². The van der Waals surface area contributed by atoms with Gasteiger partial charge in [-0.05, 0) is 39.2 Å². The third kappa shape index (κ3) is 3.23. The SMILES string of the molecule is CC1(O)CCCN(CCNC2CC2)C1. The third-order valence-electron chi connectivity index (χ3n) is 3.19. The van der Waals surface area contributed by atoms with Crippen molar-refractivity contribution < 1.29 is 5.11 Å². The van der Waals surface area contributed by atoms with E-state index in [0.717, 1.165) is 45.1 Å². The molecule has 0 aromatic carbocycles. The number of likely N-dealkylation sites (tertiary alicyclic amines) is 1. The third-order valence-corrected chi connectivity index (χ3v) is 3.19. The van der Waals surface area contributed by atoms with E-state index < -0.39 is 5.60 Å². The number of β-amino-alcohol motifs (C(OH)–C–C–N with tert-alkyl or cyclic N) is 1. The van der Waals surface area contributed by atoms with Crippen LogP contribution in [0.15, 0.2) is 0 Å². The molecule has 3 heteroatoms. The fraction of sp³-hybridized carbons (Fsp3) is 1.00. The zero-order valence-corrected chi connectivity index (χ0v) is 9.13. The van der Waals surface area contributed by atoms with E-state index in [9.17, 15) is 5.11 Å². The maximum atomic E-state index is 9.90. The van der Waals surface area contributed by atoms with Crippen LogP contribution in [0.5, 0.6) is 0 Å². The van der Waals surface area contributed by atoms with Gasteiger partial charge in [-0.3, -0.25) is 4.90 Å². The van der Waals surface area contributed by atoms with Gasteiger partial charge in [0.05, 0.1) is 5.60 Å². The van der Waals surface area contributed by atoms with Gasteiger partial charge in [-0.15, -0.1) is 0 Å². The second-order valence-corrected chi connectivity index (χ2v) is 5.11. The minimum absolute atomic E-state index is 0.447. The quantitative estimate of drug-likeness (QED) is 0.694. The van der Waals surface area contributed by atoms with E-state index in [1.807, 2.05) is 6.92 Å². The summed E-state index contributed by atoms with van der Waals surface area (Å²) in [5.41, 5.74) is -0.447. The van der Waals surface area contributed by atoms with Gasteiger partial charge in [-0.1, -0.05) is 0 Å². The summed E-state index contributed by atoms with van der Waals surface area (Å²) in [6, 6.07) is 0.806. The predicted octanol–water partition coefficient (Wildman–Crippen LogP) is 0.585. The molecule has 0 aromatic heterocycles. The zero-order chi connectivity index (χ0) is 10.0. The van der Waals surface area contributed by atoms with Crippen molar-refractivity contribution >= 4 is 0 Å². The van der Waals surface area contributed by atoms with E-state index >= 15 is 0 Å². The number of nitrogens with zero attached hydrogens (tertiary/aromatic N) is 1. The van der Waals surface area contributed by atoms with E-state index in [1.165, 1.54) is 12.8 Å². The average molecular weight is 198 g/mol. The summed E-state index contributed by atoms with van der Waals surface area (Å²) >= 11 is 0. The number of hydrogen-bond acceptors (Lipinski definition) is 3. The van der Waals surface area contributed by atoms with Gasteiger partial charge >= 0.3 is 0 Å². The molecule has 14 heavy (non-hydrogen) atoms. The molecule has 2 aliphatic rings. The van der Waals surface area contributed by atoms with Crippen molar-refractivity contribution in [2.24, 2.45) is 0 Å². The minimum atomic E-state index is -0.447. The Morgan fingerprint density at radius 3 is 2.93 bits per heavy atom. The molecule has 0 aromatic rings. The molecule has 82 valence electrons. The lowest BCUT2D eigenvalue weighted by Gasteiger charge is -2.36. The van der Waals surface area contributed by atoms with Crippen LogP contribution in [0.25, 0.3) is 0 Å². The van der Waals surface area contributed by atoms with Gasteiger partial charge < -0.3 is 10.4 Å². The van der Waals surface area contributed by atoms with Gasteiger partial charge in [0.25, 0.3) is 0 Å². The minimum Gasteiger partial charge on any atom is -0.389 e. The van der Waals surface area contributed by atoms with Gasteiger partial charge in [0.2, 0.25) is 0 Å². The van der Waals surface area contributed by atoms with Crippen LogP contribution in [0.2, 0.25) is 0 Å². The van der Waals surface area contributed by atoms with Crippen molar-refractivity contribution in [3.05, 3.63) is 0 Å². The fourth-order valence-electron chi connectivity index (χ4n) is 2.23. The first-order valence-corrected chi connectivity index (χ1v) is 5.84. The molecule has 1 saturated heterocycles. The Bertz CT molecular complexity index is 190. The smallest absolute Gasteiger partial charge is 0.0746 e. The molecule has 1 heterocycles. The molecule has 0 bridgehead atoms. The van der Waals surface area contributed by atoms with Gasteiger partial charge in [-0.25, -0.2) is 0 Å². The van der Waals surface area contributed by atoms with Crippen molar-refractivity contribution in [1.29, 1.82) is 0 Å². The van der Waals surface area contributed by atoms with Crippen molar-refractivity contribution in [2.75, 3.05) is 26.2 Å². The summed E-state index contributed by atoms with van der Waals surface area (Å²) in [6.07, 6.45) is 4.81. The van der Waals surface area contributed by atoms with E-state index in [4.69, 9.17) is 0 Å². The first kappa shape index (κ1) is 10.4. The summed E-state index contributed by atoms with van der Waals surface area (Å²) in [5.74, 6) is 0. The molecule has 2 rings (SSSR count). The molecule has 0 spiro atoms. The average Bonchev–Trinajstić information content (AvgIpc) is 2.86. The lowest BCUT2D eigenvalue weighted by molar-refractivity contribution is -0.0149. The molecule has 1 atom stereocenters. The molecule has 3 nitrogen and oxygen atoms in total. The van der Waals surface area contributed by atoms with E-state index in [0.29, 0.717) is 0 Å².